The Bertz CT molecular complexity index is 630. The van der Waals surface area contributed by atoms with Crippen molar-refractivity contribution in [2.24, 2.45) is 4.99 Å². The number of rotatable bonds is 8. The molecule has 8 heteroatoms. The maximum atomic E-state index is 11.9. The monoisotopic (exact) mass is 517 g/mol. The Labute approximate surface area is 192 Å². The van der Waals surface area contributed by atoms with Crippen LogP contribution in [0.15, 0.2) is 29.3 Å². The van der Waals surface area contributed by atoms with Crippen molar-refractivity contribution >= 4 is 41.5 Å². The van der Waals surface area contributed by atoms with E-state index in [9.17, 15) is 4.79 Å². The van der Waals surface area contributed by atoms with Gasteiger partial charge in [0.1, 0.15) is 5.75 Å². The van der Waals surface area contributed by atoms with Crippen molar-refractivity contribution in [3.05, 3.63) is 24.3 Å². The number of carbonyl (C=O) groups excluding carboxylic acids is 1. The molecule has 1 atom stereocenters. The van der Waals surface area contributed by atoms with Crippen molar-refractivity contribution in [3.63, 3.8) is 0 Å². The van der Waals surface area contributed by atoms with Crippen LogP contribution in [-0.4, -0.2) is 69.2 Å². The van der Waals surface area contributed by atoms with Gasteiger partial charge in [-0.3, -0.25) is 9.79 Å². The molecule has 0 radical (unpaired) electrons. The van der Waals surface area contributed by atoms with Gasteiger partial charge in [0.25, 0.3) is 0 Å². The summed E-state index contributed by atoms with van der Waals surface area (Å²) in [5.41, 5.74) is 1.21. The molecule has 0 aliphatic carbocycles. The molecule has 0 aromatic heterocycles. The molecule has 0 bridgehead atoms. The van der Waals surface area contributed by atoms with E-state index in [2.05, 4.69) is 51.4 Å². The van der Waals surface area contributed by atoms with E-state index in [0.717, 1.165) is 50.9 Å². The fourth-order valence-corrected chi connectivity index (χ4v) is 3.11. The standard InChI is InChI=1S/C21H35N5O2.HI/c1-5-17(3)24-20(27)11-12-23-21(22-6-2)26-15-13-25(14-16-26)18-7-9-19(28-4)10-8-18;/h7-10,17H,5-6,11-16H2,1-4H3,(H,22,23)(H,24,27);1H. The fourth-order valence-electron chi connectivity index (χ4n) is 3.11. The van der Waals surface area contributed by atoms with Crippen LogP contribution in [0.4, 0.5) is 5.69 Å². The highest BCUT2D eigenvalue weighted by molar-refractivity contribution is 14.0. The van der Waals surface area contributed by atoms with Gasteiger partial charge in [0.05, 0.1) is 13.7 Å². The zero-order chi connectivity index (χ0) is 20.4. The highest BCUT2D eigenvalue weighted by atomic mass is 127. The number of nitrogens with zero attached hydrogens (tertiary/aromatic N) is 3. The van der Waals surface area contributed by atoms with Gasteiger partial charge in [-0.25, -0.2) is 0 Å². The van der Waals surface area contributed by atoms with Gasteiger partial charge in [0.15, 0.2) is 5.96 Å². The number of nitrogens with one attached hydrogen (secondary N) is 2. The maximum Gasteiger partial charge on any atom is 0.222 e. The number of ether oxygens (including phenoxy) is 1. The van der Waals surface area contributed by atoms with Crippen molar-refractivity contribution in [3.8, 4) is 5.75 Å². The molecular weight excluding hydrogens is 481 g/mol. The molecule has 2 rings (SSSR count). The molecule has 1 amide bonds. The summed E-state index contributed by atoms with van der Waals surface area (Å²) < 4.78 is 5.23. The molecule has 0 spiro atoms. The summed E-state index contributed by atoms with van der Waals surface area (Å²) in [6, 6.07) is 8.42. The van der Waals surface area contributed by atoms with Crippen molar-refractivity contribution in [1.29, 1.82) is 0 Å². The molecule has 1 aromatic carbocycles. The minimum absolute atomic E-state index is 0. The molecular formula is C21H36IN5O2. The van der Waals surface area contributed by atoms with Crippen molar-refractivity contribution in [2.45, 2.75) is 39.7 Å². The highest BCUT2D eigenvalue weighted by Crippen LogP contribution is 2.20. The highest BCUT2D eigenvalue weighted by Gasteiger charge is 2.20. The second kappa shape index (κ2) is 13.5. The molecule has 7 nitrogen and oxygen atoms in total. The van der Waals surface area contributed by atoms with Crippen LogP contribution >= 0.6 is 24.0 Å². The lowest BCUT2D eigenvalue weighted by Crippen LogP contribution is -2.52. The maximum absolute atomic E-state index is 11.9. The van der Waals surface area contributed by atoms with Gasteiger partial charge in [-0.15, -0.1) is 24.0 Å². The van der Waals surface area contributed by atoms with E-state index < -0.39 is 0 Å². The van der Waals surface area contributed by atoms with E-state index in [4.69, 9.17) is 4.74 Å². The second-order valence-electron chi connectivity index (χ2n) is 7.03. The molecule has 1 heterocycles. The van der Waals surface area contributed by atoms with Crippen LogP contribution in [0.5, 0.6) is 5.75 Å². The van der Waals surface area contributed by atoms with Gasteiger partial charge >= 0.3 is 0 Å². The number of hydrogen-bond acceptors (Lipinski definition) is 4. The van der Waals surface area contributed by atoms with E-state index in [0.29, 0.717) is 13.0 Å². The molecule has 1 aromatic rings. The fraction of sp³-hybridized carbons (Fsp3) is 0.619. The Kier molecular flexibility index (Phi) is 11.8. The van der Waals surface area contributed by atoms with E-state index in [1.54, 1.807) is 7.11 Å². The summed E-state index contributed by atoms with van der Waals surface area (Å²) in [5.74, 6) is 1.84. The zero-order valence-corrected chi connectivity index (χ0v) is 20.4. The van der Waals surface area contributed by atoms with Crippen LogP contribution in [0.25, 0.3) is 0 Å². The number of piperazine rings is 1. The lowest BCUT2D eigenvalue weighted by molar-refractivity contribution is -0.121. The zero-order valence-electron chi connectivity index (χ0n) is 18.1. The number of methoxy groups -OCH3 is 1. The van der Waals surface area contributed by atoms with Crippen LogP contribution in [-0.2, 0) is 4.79 Å². The number of benzene rings is 1. The molecule has 29 heavy (non-hydrogen) atoms. The predicted molar refractivity (Wildman–Crippen MR) is 131 cm³/mol. The largest absolute Gasteiger partial charge is 0.497 e. The van der Waals surface area contributed by atoms with Gasteiger partial charge in [0.2, 0.25) is 5.91 Å². The molecule has 1 unspecified atom stereocenters. The van der Waals surface area contributed by atoms with Crippen LogP contribution in [0, 0.1) is 0 Å². The summed E-state index contributed by atoms with van der Waals surface area (Å²) in [6.45, 7) is 11.1. The molecule has 1 fully saturated rings. The smallest absolute Gasteiger partial charge is 0.222 e. The molecule has 1 saturated heterocycles. The quantitative estimate of drug-likeness (QED) is 0.316. The van der Waals surface area contributed by atoms with Crippen molar-refractivity contribution < 1.29 is 9.53 Å². The van der Waals surface area contributed by atoms with E-state index in [1.807, 2.05) is 19.1 Å². The normalized spacial score (nSPS) is 15.4. The van der Waals surface area contributed by atoms with Crippen LogP contribution in [0.2, 0.25) is 0 Å². The Morgan fingerprint density at radius 2 is 1.83 bits per heavy atom. The SMILES string of the molecule is CCNC(=NCCC(=O)NC(C)CC)N1CCN(c2ccc(OC)cc2)CC1.I. The molecule has 0 saturated carbocycles. The molecule has 1 aliphatic heterocycles. The lowest BCUT2D eigenvalue weighted by atomic mass is 10.2. The van der Waals surface area contributed by atoms with Crippen LogP contribution in [0.1, 0.15) is 33.6 Å². The van der Waals surface area contributed by atoms with Crippen molar-refractivity contribution in [1.82, 2.24) is 15.5 Å². The third kappa shape index (κ3) is 8.28. The first-order chi connectivity index (χ1) is 13.6. The Hall–Kier alpha value is -1.71. The van der Waals surface area contributed by atoms with E-state index in [-0.39, 0.29) is 35.9 Å². The first-order valence-electron chi connectivity index (χ1n) is 10.3. The average molecular weight is 517 g/mol. The molecule has 164 valence electrons. The summed E-state index contributed by atoms with van der Waals surface area (Å²) in [7, 11) is 1.68. The first-order valence-corrected chi connectivity index (χ1v) is 10.3. The first kappa shape index (κ1) is 25.3. The number of hydrogen-bond donors (Lipinski definition) is 2. The minimum Gasteiger partial charge on any atom is -0.497 e. The number of aliphatic imine (C=N–C) groups is 1. The van der Waals surface area contributed by atoms with E-state index in [1.165, 1.54) is 5.69 Å². The van der Waals surface area contributed by atoms with Gasteiger partial charge < -0.3 is 25.2 Å². The van der Waals surface area contributed by atoms with Gasteiger partial charge in [0, 0.05) is 50.9 Å². The second-order valence-corrected chi connectivity index (χ2v) is 7.03. The molecule has 2 N–H and O–H groups in total. The van der Waals surface area contributed by atoms with Crippen molar-refractivity contribution in [2.75, 3.05) is 51.3 Å². The summed E-state index contributed by atoms with van der Waals surface area (Å²) in [6.07, 6.45) is 1.36. The van der Waals surface area contributed by atoms with Gasteiger partial charge in [-0.05, 0) is 44.5 Å². The summed E-state index contributed by atoms with van der Waals surface area (Å²) in [5, 5.41) is 6.35. The van der Waals surface area contributed by atoms with Crippen LogP contribution < -0.4 is 20.3 Å². The van der Waals surface area contributed by atoms with Gasteiger partial charge in [-0.2, -0.15) is 0 Å². The molecule has 1 aliphatic rings. The number of anilines is 1. The predicted octanol–water partition coefficient (Wildman–Crippen LogP) is 2.71. The third-order valence-corrected chi connectivity index (χ3v) is 4.97. The minimum atomic E-state index is 0. The lowest BCUT2D eigenvalue weighted by Gasteiger charge is -2.37. The van der Waals surface area contributed by atoms with E-state index >= 15 is 0 Å². The Morgan fingerprint density at radius 3 is 2.38 bits per heavy atom. The Morgan fingerprint density at radius 1 is 1.17 bits per heavy atom. The number of halogens is 1. The van der Waals surface area contributed by atoms with Crippen LogP contribution in [0.3, 0.4) is 0 Å². The summed E-state index contributed by atoms with van der Waals surface area (Å²) in [4.78, 5) is 21.3. The third-order valence-electron chi connectivity index (χ3n) is 4.97. The Balaban J connectivity index is 0.00000420. The number of guanidine groups is 1. The topological polar surface area (TPSA) is 69.2 Å². The van der Waals surface area contributed by atoms with Gasteiger partial charge in [-0.1, -0.05) is 6.92 Å². The number of amides is 1. The number of carbonyl (C=O) groups is 1. The summed E-state index contributed by atoms with van der Waals surface area (Å²) >= 11 is 0. The average Bonchev–Trinajstić information content (AvgIpc) is 2.73.